The summed E-state index contributed by atoms with van der Waals surface area (Å²) in [7, 11) is 0. The zero-order valence-corrected chi connectivity index (χ0v) is 17.7. The molecule has 0 radical (unpaired) electrons. The largest absolute Gasteiger partial charge is 0.323 e. The standard InChI is InChI=1S/C18H23BrN4O2S/c1-11(2)9-23-13(4)12(3)20-18(23)26-10-16(24)21-22-17(25)14-5-7-15(19)8-6-14/h5-8,11H,9-10H2,1-4H3,(H,21,24)(H,22,25). The van der Waals surface area contributed by atoms with Crippen molar-refractivity contribution in [2.24, 2.45) is 5.92 Å². The van der Waals surface area contributed by atoms with Gasteiger partial charge in [0.15, 0.2) is 5.16 Å². The molecule has 2 N–H and O–H groups in total. The molecule has 0 saturated heterocycles. The Labute approximate surface area is 166 Å². The third-order valence-corrected chi connectivity index (χ3v) is 5.23. The van der Waals surface area contributed by atoms with Gasteiger partial charge in [0, 0.05) is 22.3 Å². The second-order valence-corrected chi connectivity index (χ2v) is 8.23. The van der Waals surface area contributed by atoms with Gasteiger partial charge in [-0.15, -0.1) is 0 Å². The maximum absolute atomic E-state index is 12.0. The highest BCUT2D eigenvalue weighted by molar-refractivity contribution is 9.10. The fraction of sp³-hybridized carbons (Fsp3) is 0.389. The van der Waals surface area contributed by atoms with Crippen molar-refractivity contribution in [1.29, 1.82) is 0 Å². The molecule has 1 aromatic carbocycles. The number of nitrogens with zero attached hydrogens (tertiary/aromatic N) is 2. The van der Waals surface area contributed by atoms with Crippen molar-refractivity contribution in [2.45, 2.75) is 39.4 Å². The van der Waals surface area contributed by atoms with Gasteiger partial charge in [0.05, 0.1) is 11.4 Å². The van der Waals surface area contributed by atoms with Crippen LogP contribution in [0.3, 0.4) is 0 Å². The Morgan fingerprint density at radius 1 is 1.19 bits per heavy atom. The van der Waals surface area contributed by atoms with Crippen LogP contribution >= 0.6 is 27.7 Å². The lowest BCUT2D eigenvalue weighted by Crippen LogP contribution is -2.42. The van der Waals surface area contributed by atoms with Crippen molar-refractivity contribution in [3.63, 3.8) is 0 Å². The molecule has 0 aliphatic heterocycles. The average Bonchev–Trinajstić information content (AvgIpc) is 2.85. The normalized spacial score (nSPS) is 10.8. The molecule has 26 heavy (non-hydrogen) atoms. The molecular weight excluding hydrogens is 416 g/mol. The molecule has 0 unspecified atom stereocenters. The van der Waals surface area contributed by atoms with Crippen molar-refractivity contribution in [1.82, 2.24) is 20.4 Å². The van der Waals surface area contributed by atoms with E-state index in [-0.39, 0.29) is 17.6 Å². The van der Waals surface area contributed by atoms with Crippen molar-refractivity contribution in [3.05, 3.63) is 45.7 Å². The highest BCUT2D eigenvalue weighted by Crippen LogP contribution is 2.22. The molecule has 2 rings (SSSR count). The Bertz CT molecular complexity index is 787. The maximum atomic E-state index is 12.0. The monoisotopic (exact) mass is 438 g/mol. The Morgan fingerprint density at radius 3 is 2.46 bits per heavy atom. The summed E-state index contributed by atoms with van der Waals surface area (Å²) in [5.41, 5.74) is 7.42. The minimum absolute atomic E-state index is 0.175. The first-order valence-corrected chi connectivity index (χ1v) is 10.1. The molecule has 8 heteroatoms. The summed E-state index contributed by atoms with van der Waals surface area (Å²) in [4.78, 5) is 28.6. The molecule has 0 aliphatic carbocycles. The lowest BCUT2D eigenvalue weighted by molar-refractivity contribution is -0.119. The first-order chi connectivity index (χ1) is 12.3. The van der Waals surface area contributed by atoms with Crippen LogP contribution in [0.5, 0.6) is 0 Å². The highest BCUT2D eigenvalue weighted by Gasteiger charge is 2.14. The van der Waals surface area contributed by atoms with Crippen molar-refractivity contribution >= 4 is 39.5 Å². The lowest BCUT2D eigenvalue weighted by Gasteiger charge is -2.12. The molecule has 0 aliphatic rings. The Kier molecular flexibility index (Phi) is 7.28. The maximum Gasteiger partial charge on any atom is 0.269 e. The van der Waals surface area contributed by atoms with Gasteiger partial charge in [0.1, 0.15) is 0 Å². The number of hydrogen-bond acceptors (Lipinski definition) is 4. The summed E-state index contributed by atoms with van der Waals surface area (Å²) in [6, 6.07) is 6.89. The molecule has 2 amide bonds. The first kappa shape index (κ1) is 20.5. The number of thioether (sulfide) groups is 1. The summed E-state index contributed by atoms with van der Waals surface area (Å²) >= 11 is 4.68. The van der Waals surface area contributed by atoms with Crippen LogP contribution in [0.4, 0.5) is 0 Å². The fourth-order valence-corrected chi connectivity index (χ4v) is 3.45. The molecule has 1 heterocycles. The molecule has 1 aromatic heterocycles. The number of halogens is 1. The van der Waals surface area contributed by atoms with Gasteiger partial charge < -0.3 is 4.57 Å². The van der Waals surface area contributed by atoms with E-state index in [1.165, 1.54) is 11.8 Å². The Morgan fingerprint density at radius 2 is 1.85 bits per heavy atom. The summed E-state index contributed by atoms with van der Waals surface area (Å²) < 4.78 is 3.02. The van der Waals surface area contributed by atoms with Gasteiger partial charge in [-0.05, 0) is 44.0 Å². The molecule has 0 spiro atoms. The molecule has 0 atom stereocenters. The number of carbonyl (C=O) groups excluding carboxylic acids is 2. The van der Waals surface area contributed by atoms with Gasteiger partial charge in [-0.25, -0.2) is 4.98 Å². The van der Waals surface area contributed by atoms with E-state index in [0.29, 0.717) is 11.5 Å². The number of hydrogen-bond donors (Lipinski definition) is 2. The lowest BCUT2D eigenvalue weighted by atomic mass is 10.2. The van der Waals surface area contributed by atoms with E-state index in [9.17, 15) is 9.59 Å². The number of imidazole rings is 1. The summed E-state index contributed by atoms with van der Waals surface area (Å²) in [5, 5.41) is 0.822. The minimum Gasteiger partial charge on any atom is -0.323 e. The quantitative estimate of drug-likeness (QED) is 0.534. The van der Waals surface area contributed by atoms with E-state index in [4.69, 9.17) is 0 Å². The third kappa shape index (κ3) is 5.60. The molecular formula is C18H23BrN4O2S. The zero-order chi connectivity index (χ0) is 19.3. The van der Waals surface area contributed by atoms with Crippen LogP contribution in [-0.2, 0) is 11.3 Å². The number of amides is 2. The van der Waals surface area contributed by atoms with Crippen molar-refractivity contribution < 1.29 is 9.59 Å². The minimum atomic E-state index is -0.358. The molecule has 0 bridgehead atoms. The number of nitrogens with one attached hydrogen (secondary N) is 2. The van der Waals surface area contributed by atoms with Crippen LogP contribution < -0.4 is 10.9 Å². The molecule has 0 fully saturated rings. The summed E-state index contributed by atoms with van der Waals surface area (Å²) in [6.45, 7) is 9.15. The second-order valence-electron chi connectivity index (χ2n) is 6.37. The van der Waals surface area contributed by atoms with Gasteiger partial charge in [0.25, 0.3) is 5.91 Å². The Balaban J connectivity index is 1.88. The van der Waals surface area contributed by atoms with Crippen LogP contribution in [0.1, 0.15) is 35.6 Å². The van der Waals surface area contributed by atoms with E-state index in [2.05, 4.69) is 50.2 Å². The molecule has 6 nitrogen and oxygen atoms in total. The predicted octanol–water partition coefficient (Wildman–Crippen LogP) is 3.47. The fourth-order valence-electron chi connectivity index (χ4n) is 2.28. The zero-order valence-electron chi connectivity index (χ0n) is 15.3. The van der Waals surface area contributed by atoms with Gasteiger partial charge in [0.2, 0.25) is 5.91 Å². The summed E-state index contributed by atoms with van der Waals surface area (Å²) in [6.07, 6.45) is 0. The number of hydrazine groups is 1. The van der Waals surface area contributed by atoms with Gasteiger partial charge in [-0.2, -0.15) is 0 Å². The SMILES string of the molecule is Cc1nc(SCC(=O)NNC(=O)c2ccc(Br)cc2)n(CC(C)C)c1C. The Hall–Kier alpha value is -1.80. The van der Waals surface area contributed by atoms with Crippen LogP contribution in [0.15, 0.2) is 33.9 Å². The van der Waals surface area contributed by atoms with E-state index in [1.54, 1.807) is 24.3 Å². The van der Waals surface area contributed by atoms with E-state index in [1.807, 2.05) is 13.8 Å². The van der Waals surface area contributed by atoms with Crippen molar-refractivity contribution in [3.8, 4) is 0 Å². The van der Waals surface area contributed by atoms with Crippen LogP contribution in [0.2, 0.25) is 0 Å². The van der Waals surface area contributed by atoms with Crippen LogP contribution in [0, 0.1) is 19.8 Å². The topological polar surface area (TPSA) is 76.0 Å². The number of aryl methyl sites for hydroxylation is 1. The van der Waals surface area contributed by atoms with Gasteiger partial charge >= 0.3 is 0 Å². The predicted molar refractivity (Wildman–Crippen MR) is 107 cm³/mol. The smallest absolute Gasteiger partial charge is 0.269 e. The second kappa shape index (κ2) is 9.23. The van der Waals surface area contributed by atoms with Crippen molar-refractivity contribution in [2.75, 3.05) is 5.75 Å². The van der Waals surface area contributed by atoms with E-state index >= 15 is 0 Å². The molecule has 140 valence electrons. The molecule has 0 saturated carbocycles. The number of benzene rings is 1. The van der Waals surface area contributed by atoms with Gasteiger partial charge in [-0.1, -0.05) is 41.5 Å². The van der Waals surface area contributed by atoms with Crippen LogP contribution in [0.25, 0.3) is 0 Å². The highest BCUT2D eigenvalue weighted by atomic mass is 79.9. The molecule has 2 aromatic rings. The summed E-state index contributed by atoms with van der Waals surface area (Å²) in [5.74, 6) is 0.0219. The number of rotatable bonds is 6. The average molecular weight is 439 g/mol. The number of aromatic nitrogens is 2. The van der Waals surface area contributed by atoms with Crippen LogP contribution in [-0.4, -0.2) is 27.1 Å². The van der Waals surface area contributed by atoms with E-state index in [0.717, 1.165) is 27.6 Å². The number of carbonyl (C=O) groups is 2. The first-order valence-electron chi connectivity index (χ1n) is 8.29. The van der Waals surface area contributed by atoms with Gasteiger partial charge in [-0.3, -0.25) is 20.4 Å². The van der Waals surface area contributed by atoms with E-state index < -0.39 is 0 Å². The third-order valence-electron chi connectivity index (χ3n) is 3.72.